The van der Waals surface area contributed by atoms with Crippen LogP contribution in [0.3, 0.4) is 0 Å². The number of pyridine rings is 1. The number of carbonyl (C=O) groups excluding carboxylic acids is 1. The van der Waals surface area contributed by atoms with Crippen molar-refractivity contribution < 1.29 is 22.0 Å². The number of rotatable bonds is 4. The quantitative estimate of drug-likeness (QED) is 0.560. The van der Waals surface area contributed by atoms with Crippen LogP contribution in [0, 0.1) is 11.6 Å². The van der Waals surface area contributed by atoms with Gasteiger partial charge in [0.25, 0.3) is 5.91 Å². The van der Waals surface area contributed by atoms with E-state index in [1.807, 2.05) is 23.2 Å². The highest BCUT2D eigenvalue weighted by molar-refractivity contribution is 7.89. The van der Waals surface area contributed by atoms with Crippen molar-refractivity contribution in [1.29, 1.82) is 0 Å². The molecule has 5 rings (SSSR count). The second kappa shape index (κ2) is 9.07. The normalized spacial score (nSPS) is 18.5. The Labute approximate surface area is 197 Å². The first-order chi connectivity index (χ1) is 16.3. The van der Waals surface area contributed by atoms with Gasteiger partial charge in [0.15, 0.2) is 0 Å². The first-order valence-electron chi connectivity index (χ1n) is 11.6. The molecule has 4 heterocycles. The lowest BCUT2D eigenvalue weighted by Gasteiger charge is -2.31. The summed E-state index contributed by atoms with van der Waals surface area (Å²) < 4.78 is 56.0. The van der Waals surface area contributed by atoms with Gasteiger partial charge < -0.3 is 4.90 Å². The number of fused-ring (bicyclic) bond motifs is 1. The minimum absolute atomic E-state index is 0.00547. The molecule has 0 saturated carbocycles. The number of likely N-dealkylation sites (tertiary alicyclic amines) is 1. The van der Waals surface area contributed by atoms with E-state index < -0.39 is 26.6 Å². The van der Waals surface area contributed by atoms with Gasteiger partial charge in [-0.05, 0) is 67.9 Å². The van der Waals surface area contributed by atoms with Gasteiger partial charge in [0.05, 0.1) is 17.3 Å². The molecule has 0 atom stereocenters. The summed E-state index contributed by atoms with van der Waals surface area (Å²) in [5.74, 6) is -1.81. The predicted octanol–water partition coefficient (Wildman–Crippen LogP) is 3.81. The topological polar surface area (TPSA) is 75.0 Å². The van der Waals surface area contributed by atoms with Gasteiger partial charge in [-0.1, -0.05) is 0 Å². The van der Waals surface area contributed by atoms with Gasteiger partial charge in [-0.25, -0.2) is 21.7 Å². The van der Waals surface area contributed by atoms with Gasteiger partial charge in [0.1, 0.15) is 16.5 Å². The number of halogens is 2. The smallest absolute Gasteiger partial charge is 0.257 e. The van der Waals surface area contributed by atoms with Crippen LogP contribution in [-0.2, 0) is 10.0 Å². The van der Waals surface area contributed by atoms with E-state index >= 15 is 0 Å². The molecule has 0 bridgehead atoms. The van der Waals surface area contributed by atoms with Crippen LogP contribution in [0.2, 0.25) is 0 Å². The van der Waals surface area contributed by atoms with Crippen LogP contribution in [0.1, 0.15) is 53.9 Å². The SMILES string of the molecule is O=C(c1cnn2ccc(C3CCN(S(=O)(=O)c4ccc(F)cc4F)CC3)cc12)N1CCCCC1. The van der Waals surface area contributed by atoms with Crippen molar-refractivity contribution in [3.63, 3.8) is 0 Å². The van der Waals surface area contributed by atoms with Gasteiger partial charge in [0, 0.05) is 38.4 Å². The summed E-state index contributed by atoms with van der Waals surface area (Å²) in [5, 5.41) is 4.33. The van der Waals surface area contributed by atoms with Gasteiger partial charge in [0.2, 0.25) is 10.0 Å². The summed E-state index contributed by atoms with van der Waals surface area (Å²) >= 11 is 0. The Morgan fingerprint density at radius 2 is 1.71 bits per heavy atom. The molecule has 2 saturated heterocycles. The number of aromatic nitrogens is 2. The molecular formula is C24H26F2N4O3S. The zero-order chi connectivity index (χ0) is 23.9. The van der Waals surface area contributed by atoms with Crippen molar-refractivity contribution in [2.45, 2.75) is 42.9 Å². The number of nitrogens with zero attached hydrogens (tertiary/aromatic N) is 4. The Hall–Kier alpha value is -2.85. The molecule has 10 heteroatoms. The van der Waals surface area contributed by atoms with Gasteiger partial charge in [-0.15, -0.1) is 0 Å². The standard InChI is InChI=1S/C24H26F2N4O3S/c25-19-4-5-23(21(26)15-19)34(32,33)29-11-6-17(7-12-29)18-8-13-30-22(14-18)20(16-27-30)24(31)28-9-2-1-3-10-28/h4-5,8,13-17H,1-3,6-7,9-12H2. The fourth-order valence-corrected chi connectivity index (χ4v) is 6.45. The van der Waals surface area contributed by atoms with E-state index in [1.165, 1.54) is 4.31 Å². The first-order valence-corrected chi connectivity index (χ1v) is 13.0. The van der Waals surface area contributed by atoms with Crippen molar-refractivity contribution in [2.75, 3.05) is 26.2 Å². The van der Waals surface area contributed by atoms with Crippen LogP contribution in [0.25, 0.3) is 5.52 Å². The van der Waals surface area contributed by atoms with Crippen molar-refractivity contribution >= 4 is 21.4 Å². The fourth-order valence-electron chi connectivity index (χ4n) is 4.94. The molecule has 1 aromatic carbocycles. The minimum Gasteiger partial charge on any atom is -0.339 e. The first kappa shape index (κ1) is 22.9. The molecule has 0 radical (unpaired) electrons. The largest absolute Gasteiger partial charge is 0.339 e. The van der Waals surface area contributed by atoms with Crippen LogP contribution in [0.4, 0.5) is 8.78 Å². The third-order valence-electron chi connectivity index (χ3n) is 6.86. The molecule has 180 valence electrons. The number of benzene rings is 1. The Balaban J connectivity index is 1.33. The summed E-state index contributed by atoms with van der Waals surface area (Å²) in [7, 11) is -4.04. The van der Waals surface area contributed by atoms with Crippen LogP contribution < -0.4 is 0 Å². The summed E-state index contributed by atoms with van der Waals surface area (Å²) in [6.45, 7) is 1.98. The van der Waals surface area contributed by atoms with Crippen LogP contribution in [0.15, 0.2) is 47.6 Å². The molecule has 2 fully saturated rings. The van der Waals surface area contributed by atoms with Gasteiger partial charge in [-0.3, -0.25) is 4.79 Å². The van der Waals surface area contributed by atoms with E-state index in [1.54, 1.807) is 10.7 Å². The third kappa shape index (κ3) is 4.20. The monoisotopic (exact) mass is 488 g/mol. The van der Waals surface area contributed by atoms with Crippen LogP contribution >= 0.6 is 0 Å². The average Bonchev–Trinajstić information content (AvgIpc) is 3.27. The number of sulfonamides is 1. The lowest BCUT2D eigenvalue weighted by molar-refractivity contribution is 0.0726. The Kier molecular flexibility index (Phi) is 6.11. The summed E-state index contributed by atoms with van der Waals surface area (Å²) in [4.78, 5) is 14.4. The van der Waals surface area contributed by atoms with Crippen LogP contribution in [-0.4, -0.2) is 59.3 Å². The fraction of sp³-hybridized carbons (Fsp3) is 0.417. The third-order valence-corrected chi connectivity index (χ3v) is 8.79. The van der Waals surface area contributed by atoms with Crippen molar-refractivity contribution in [3.8, 4) is 0 Å². The number of hydrogen-bond acceptors (Lipinski definition) is 4. The molecule has 2 aromatic heterocycles. The summed E-state index contributed by atoms with van der Waals surface area (Å²) in [6.07, 6.45) is 7.73. The summed E-state index contributed by atoms with van der Waals surface area (Å²) in [6, 6.07) is 6.43. The van der Waals surface area contributed by atoms with Crippen LogP contribution in [0.5, 0.6) is 0 Å². The molecule has 0 aliphatic carbocycles. The second-order valence-electron chi connectivity index (χ2n) is 8.95. The number of carbonyl (C=O) groups is 1. The molecule has 0 spiro atoms. The highest BCUT2D eigenvalue weighted by Crippen LogP contribution is 2.32. The number of hydrogen-bond donors (Lipinski definition) is 0. The predicted molar refractivity (Wildman–Crippen MR) is 122 cm³/mol. The molecule has 0 unspecified atom stereocenters. The maximum atomic E-state index is 14.1. The van der Waals surface area contributed by atoms with E-state index in [0.717, 1.165) is 55.6 Å². The lowest BCUT2D eigenvalue weighted by atomic mass is 9.90. The maximum Gasteiger partial charge on any atom is 0.257 e. The molecule has 0 N–H and O–H groups in total. The maximum absolute atomic E-state index is 14.1. The van der Waals surface area contributed by atoms with E-state index in [0.29, 0.717) is 24.5 Å². The molecule has 3 aromatic rings. The van der Waals surface area contributed by atoms with Gasteiger partial charge in [-0.2, -0.15) is 9.40 Å². The van der Waals surface area contributed by atoms with E-state index in [-0.39, 0.29) is 24.9 Å². The number of piperidine rings is 2. The Morgan fingerprint density at radius 1 is 0.971 bits per heavy atom. The molecule has 2 aliphatic heterocycles. The average molecular weight is 489 g/mol. The van der Waals surface area contributed by atoms with Crippen molar-refractivity contribution in [1.82, 2.24) is 18.8 Å². The Bertz CT molecular complexity index is 1330. The highest BCUT2D eigenvalue weighted by atomic mass is 32.2. The molecule has 2 aliphatic rings. The molecular weight excluding hydrogens is 462 g/mol. The zero-order valence-corrected chi connectivity index (χ0v) is 19.5. The minimum atomic E-state index is -4.04. The summed E-state index contributed by atoms with van der Waals surface area (Å²) in [5.41, 5.74) is 2.35. The second-order valence-corrected chi connectivity index (χ2v) is 10.9. The molecule has 7 nitrogen and oxygen atoms in total. The lowest BCUT2D eigenvalue weighted by Crippen LogP contribution is -2.38. The van der Waals surface area contributed by atoms with Gasteiger partial charge >= 0.3 is 0 Å². The van der Waals surface area contributed by atoms with Crippen molar-refractivity contribution in [2.24, 2.45) is 0 Å². The Morgan fingerprint density at radius 3 is 2.41 bits per heavy atom. The van der Waals surface area contributed by atoms with Crippen molar-refractivity contribution in [3.05, 3.63) is 65.5 Å². The van der Waals surface area contributed by atoms with E-state index in [4.69, 9.17) is 0 Å². The van der Waals surface area contributed by atoms with E-state index in [9.17, 15) is 22.0 Å². The molecule has 1 amide bonds. The highest BCUT2D eigenvalue weighted by Gasteiger charge is 2.32. The number of amides is 1. The zero-order valence-electron chi connectivity index (χ0n) is 18.7. The molecule has 34 heavy (non-hydrogen) atoms. The van der Waals surface area contributed by atoms with E-state index in [2.05, 4.69) is 5.10 Å².